The summed E-state index contributed by atoms with van der Waals surface area (Å²) in [6.07, 6.45) is 0. The van der Waals surface area contributed by atoms with Crippen molar-refractivity contribution in [1.82, 2.24) is 10.2 Å². The van der Waals surface area contributed by atoms with Gasteiger partial charge in [0.25, 0.3) is 5.91 Å². The van der Waals surface area contributed by atoms with Crippen LogP contribution < -0.4 is 10.1 Å². The number of aromatic nitrogens is 2. The van der Waals surface area contributed by atoms with Crippen molar-refractivity contribution in [2.24, 2.45) is 0 Å². The number of esters is 1. The number of amides is 1. The Morgan fingerprint density at radius 1 is 1.08 bits per heavy atom. The lowest BCUT2D eigenvalue weighted by Crippen LogP contribution is -2.21. The Morgan fingerprint density at radius 3 is 2.65 bits per heavy atom. The molecule has 0 saturated heterocycles. The maximum atomic E-state index is 11.9. The summed E-state index contributed by atoms with van der Waals surface area (Å²) in [6.45, 7) is -0.487. The summed E-state index contributed by atoms with van der Waals surface area (Å²) in [6, 6.07) is 15.5. The zero-order valence-electron chi connectivity index (χ0n) is 13.8. The van der Waals surface area contributed by atoms with Crippen LogP contribution in [0.1, 0.15) is 10.4 Å². The van der Waals surface area contributed by atoms with E-state index in [-0.39, 0.29) is 17.5 Å². The van der Waals surface area contributed by atoms with Gasteiger partial charge >= 0.3 is 12.0 Å². The molecule has 3 rings (SSSR count). The van der Waals surface area contributed by atoms with Crippen molar-refractivity contribution in [3.63, 3.8) is 0 Å². The fourth-order valence-electron chi connectivity index (χ4n) is 2.09. The van der Waals surface area contributed by atoms with Gasteiger partial charge in [-0.2, -0.15) is 0 Å². The maximum Gasteiger partial charge on any atom is 0.338 e. The molecule has 0 fully saturated rings. The standard InChI is InChI=1S/C18H15N3O5/c1-24-14-9-5-8-13(10-14)17(23)25-11-15(22)19-18-21-20-16(26-18)12-6-3-2-4-7-12/h2-10H,11H2,1H3,(H,19,21,22). The molecule has 0 radical (unpaired) electrons. The third-order valence-corrected chi connectivity index (χ3v) is 3.33. The lowest BCUT2D eigenvalue weighted by Gasteiger charge is -2.05. The molecule has 0 bridgehead atoms. The highest BCUT2D eigenvalue weighted by molar-refractivity contribution is 5.94. The SMILES string of the molecule is COc1cccc(C(=O)OCC(=O)Nc2nnc(-c3ccccc3)o2)c1. The monoisotopic (exact) mass is 353 g/mol. The van der Waals surface area contributed by atoms with Gasteiger partial charge in [-0.1, -0.05) is 29.4 Å². The highest BCUT2D eigenvalue weighted by Gasteiger charge is 2.14. The number of ether oxygens (including phenoxy) is 2. The van der Waals surface area contributed by atoms with Crippen LogP contribution in [0.5, 0.6) is 5.75 Å². The Labute approximate surface area is 148 Å². The largest absolute Gasteiger partial charge is 0.497 e. The minimum Gasteiger partial charge on any atom is -0.497 e. The number of nitrogens with one attached hydrogen (secondary N) is 1. The van der Waals surface area contributed by atoms with Gasteiger partial charge in [-0.3, -0.25) is 10.1 Å². The van der Waals surface area contributed by atoms with Gasteiger partial charge in [0.2, 0.25) is 5.89 Å². The van der Waals surface area contributed by atoms with E-state index in [1.165, 1.54) is 13.2 Å². The van der Waals surface area contributed by atoms with Crippen LogP contribution in [0, 0.1) is 0 Å². The van der Waals surface area contributed by atoms with Gasteiger partial charge < -0.3 is 13.9 Å². The highest BCUT2D eigenvalue weighted by Crippen LogP contribution is 2.19. The van der Waals surface area contributed by atoms with E-state index in [0.29, 0.717) is 5.75 Å². The number of hydrogen-bond donors (Lipinski definition) is 1. The van der Waals surface area contributed by atoms with Crippen molar-refractivity contribution in [2.45, 2.75) is 0 Å². The molecular formula is C18H15N3O5. The molecule has 26 heavy (non-hydrogen) atoms. The average Bonchev–Trinajstić information content (AvgIpc) is 3.15. The van der Waals surface area contributed by atoms with Crippen LogP contribution in [0.15, 0.2) is 59.0 Å². The molecule has 1 amide bonds. The predicted molar refractivity (Wildman–Crippen MR) is 91.6 cm³/mol. The van der Waals surface area contributed by atoms with Gasteiger partial charge in [-0.15, -0.1) is 5.10 Å². The van der Waals surface area contributed by atoms with E-state index >= 15 is 0 Å². The van der Waals surface area contributed by atoms with Gasteiger partial charge in [0.05, 0.1) is 12.7 Å². The van der Waals surface area contributed by atoms with Crippen molar-refractivity contribution in [2.75, 3.05) is 19.0 Å². The van der Waals surface area contributed by atoms with Crippen molar-refractivity contribution in [1.29, 1.82) is 0 Å². The zero-order valence-corrected chi connectivity index (χ0v) is 13.8. The molecule has 0 aliphatic rings. The number of rotatable bonds is 6. The van der Waals surface area contributed by atoms with E-state index in [2.05, 4.69) is 15.5 Å². The number of hydrogen-bond acceptors (Lipinski definition) is 7. The minimum absolute atomic E-state index is 0.0775. The van der Waals surface area contributed by atoms with Crippen molar-refractivity contribution in [3.05, 3.63) is 60.2 Å². The van der Waals surface area contributed by atoms with E-state index in [9.17, 15) is 9.59 Å². The first kappa shape index (κ1) is 17.2. The van der Waals surface area contributed by atoms with Crippen molar-refractivity contribution in [3.8, 4) is 17.2 Å². The summed E-state index contributed by atoms with van der Waals surface area (Å²) < 4.78 is 15.3. The predicted octanol–water partition coefficient (Wildman–Crippen LogP) is 2.54. The molecule has 0 unspecified atom stereocenters. The molecule has 8 heteroatoms. The van der Waals surface area contributed by atoms with Gasteiger partial charge in [0, 0.05) is 5.56 Å². The van der Waals surface area contributed by atoms with E-state index in [1.54, 1.807) is 30.3 Å². The number of methoxy groups -OCH3 is 1. The normalized spacial score (nSPS) is 10.2. The molecule has 3 aromatic rings. The summed E-state index contributed by atoms with van der Waals surface area (Å²) in [7, 11) is 1.49. The first-order chi connectivity index (χ1) is 12.7. The Kier molecular flexibility index (Phi) is 5.23. The van der Waals surface area contributed by atoms with Gasteiger partial charge in [0.15, 0.2) is 6.61 Å². The number of carbonyl (C=O) groups excluding carboxylic acids is 2. The zero-order chi connectivity index (χ0) is 18.4. The highest BCUT2D eigenvalue weighted by atomic mass is 16.5. The lowest BCUT2D eigenvalue weighted by atomic mass is 10.2. The second-order valence-corrected chi connectivity index (χ2v) is 5.13. The van der Waals surface area contributed by atoms with Crippen LogP contribution in [-0.2, 0) is 9.53 Å². The molecule has 8 nitrogen and oxygen atoms in total. The molecule has 0 spiro atoms. The fourth-order valence-corrected chi connectivity index (χ4v) is 2.09. The summed E-state index contributed by atoms with van der Waals surface area (Å²) in [5, 5.41) is 9.96. The van der Waals surface area contributed by atoms with Gasteiger partial charge in [-0.05, 0) is 30.3 Å². The minimum atomic E-state index is -0.644. The second kappa shape index (κ2) is 7.93. The first-order valence-electron chi connectivity index (χ1n) is 7.65. The third-order valence-electron chi connectivity index (χ3n) is 3.33. The quantitative estimate of drug-likeness (QED) is 0.679. The average molecular weight is 353 g/mol. The topological polar surface area (TPSA) is 104 Å². The van der Waals surface area contributed by atoms with Crippen molar-refractivity contribution >= 4 is 17.9 Å². The second-order valence-electron chi connectivity index (χ2n) is 5.13. The van der Waals surface area contributed by atoms with Gasteiger partial charge in [0.1, 0.15) is 5.75 Å². The Hall–Kier alpha value is -3.68. The molecular weight excluding hydrogens is 338 g/mol. The number of benzene rings is 2. The van der Waals surface area contributed by atoms with Crippen LogP contribution >= 0.6 is 0 Å². The molecule has 1 heterocycles. The van der Waals surface area contributed by atoms with E-state index in [1.807, 2.05) is 18.2 Å². The summed E-state index contributed by atoms with van der Waals surface area (Å²) in [4.78, 5) is 23.8. The molecule has 2 aromatic carbocycles. The summed E-state index contributed by atoms with van der Waals surface area (Å²) >= 11 is 0. The molecule has 0 atom stereocenters. The van der Waals surface area contributed by atoms with Crippen LogP contribution in [0.25, 0.3) is 11.5 Å². The molecule has 132 valence electrons. The van der Waals surface area contributed by atoms with Gasteiger partial charge in [-0.25, -0.2) is 4.79 Å². The van der Waals surface area contributed by atoms with Crippen LogP contribution in [0.2, 0.25) is 0 Å². The maximum absolute atomic E-state index is 11.9. The summed E-state index contributed by atoms with van der Waals surface area (Å²) in [5.41, 5.74) is 1.01. The molecule has 1 aromatic heterocycles. The Balaban J connectivity index is 1.54. The number of anilines is 1. The van der Waals surface area contributed by atoms with Crippen LogP contribution in [-0.4, -0.2) is 35.8 Å². The molecule has 0 saturated carbocycles. The molecule has 1 N–H and O–H groups in total. The molecule has 0 aliphatic carbocycles. The third kappa shape index (κ3) is 4.23. The number of carbonyl (C=O) groups is 2. The smallest absolute Gasteiger partial charge is 0.338 e. The Morgan fingerprint density at radius 2 is 1.88 bits per heavy atom. The van der Waals surface area contributed by atoms with Crippen molar-refractivity contribution < 1.29 is 23.5 Å². The lowest BCUT2D eigenvalue weighted by molar-refractivity contribution is -0.119. The van der Waals surface area contributed by atoms with E-state index < -0.39 is 18.5 Å². The summed E-state index contributed by atoms with van der Waals surface area (Å²) in [5.74, 6) is -0.448. The Bertz CT molecular complexity index is 908. The van der Waals surface area contributed by atoms with E-state index in [0.717, 1.165) is 5.56 Å². The molecule has 0 aliphatic heterocycles. The van der Waals surface area contributed by atoms with E-state index in [4.69, 9.17) is 13.9 Å². The van der Waals surface area contributed by atoms with Crippen LogP contribution in [0.4, 0.5) is 6.01 Å². The first-order valence-corrected chi connectivity index (χ1v) is 7.65. The number of nitrogens with zero attached hydrogens (tertiary/aromatic N) is 2. The van der Waals surface area contributed by atoms with Crippen LogP contribution in [0.3, 0.4) is 0 Å². The fraction of sp³-hybridized carbons (Fsp3) is 0.111.